The van der Waals surface area contributed by atoms with Crippen LogP contribution in [0.25, 0.3) is 27.8 Å². The highest BCUT2D eigenvalue weighted by atomic mass is 32.2. The van der Waals surface area contributed by atoms with Crippen LogP contribution in [0.1, 0.15) is 19.4 Å². The van der Waals surface area contributed by atoms with E-state index in [1.165, 1.54) is 42.9 Å². The van der Waals surface area contributed by atoms with Crippen molar-refractivity contribution in [3.63, 3.8) is 0 Å². The highest BCUT2D eigenvalue weighted by Crippen LogP contribution is 2.49. The second-order valence-corrected chi connectivity index (χ2v) is 8.48. The number of nitrogens with zero attached hydrogens (tertiary/aromatic N) is 2. The number of aromatic nitrogens is 1. The molecule has 0 radical (unpaired) electrons. The predicted octanol–water partition coefficient (Wildman–Crippen LogP) is 6.79. The van der Waals surface area contributed by atoms with Crippen LogP contribution in [-0.2, 0) is 6.54 Å². The van der Waals surface area contributed by atoms with Gasteiger partial charge >= 0.3 is 0 Å². The fraction of sp³-hybridized carbons (Fsp3) is 0.148. The monoisotopic (exact) mass is 409 g/mol. The summed E-state index contributed by atoms with van der Waals surface area (Å²) in [6, 6.07) is 24.0. The molecule has 3 aromatic carbocycles. The minimum atomic E-state index is 0.957. The van der Waals surface area contributed by atoms with Crippen LogP contribution in [-0.4, -0.2) is 6.54 Å². The SMILES string of the molecule is CCN1/C(=C\C=C\c2cc[n+](CC)c3ccccc23)Sc2ccc3ccccc3c21. The molecule has 30 heavy (non-hydrogen) atoms. The van der Waals surface area contributed by atoms with Crippen molar-refractivity contribution in [2.45, 2.75) is 25.3 Å². The van der Waals surface area contributed by atoms with Gasteiger partial charge in [0.2, 0.25) is 5.52 Å². The number of thioether (sulfide) groups is 1. The van der Waals surface area contributed by atoms with Crippen LogP contribution in [0.4, 0.5) is 5.69 Å². The lowest BCUT2D eigenvalue weighted by Crippen LogP contribution is -2.32. The topological polar surface area (TPSA) is 7.12 Å². The van der Waals surface area contributed by atoms with Crippen LogP contribution in [0.5, 0.6) is 0 Å². The molecule has 0 atom stereocenters. The molecule has 1 aliphatic rings. The summed E-state index contributed by atoms with van der Waals surface area (Å²) in [5.74, 6) is 0. The number of aryl methyl sites for hydroxylation is 1. The molecule has 0 unspecified atom stereocenters. The zero-order valence-electron chi connectivity index (χ0n) is 17.4. The van der Waals surface area contributed by atoms with Crippen LogP contribution in [0, 0.1) is 0 Å². The Balaban J connectivity index is 1.51. The van der Waals surface area contributed by atoms with Gasteiger partial charge in [-0.2, -0.15) is 4.57 Å². The molecule has 4 aromatic rings. The predicted molar refractivity (Wildman–Crippen MR) is 130 cm³/mol. The van der Waals surface area contributed by atoms with E-state index in [2.05, 4.69) is 114 Å². The largest absolute Gasteiger partial charge is 0.335 e. The van der Waals surface area contributed by atoms with Gasteiger partial charge in [0, 0.05) is 29.0 Å². The van der Waals surface area contributed by atoms with Crippen molar-refractivity contribution in [2.24, 2.45) is 0 Å². The summed E-state index contributed by atoms with van der Waals surface area (Å²) < 4.78 is 2.29. The summed E-state index contributed by atoms with van der Waals surface area (Å²) in [5.41, 5.74) is 3.87. The van der Waals surface area contributed by atoms with Gasteiger partial charge in [0.25, 0.3) is 0 Å². The van der Waals surface area contributed by atoms with Gasteiger partial charge in [-0.1, -0.05) is 66.4 Å². The fourth-order valence-electron chi connectivity index (χ4n) is 4.28. The summed E-state index contributed by atoms with van der Waals surface area (Å²) >= 11 is 1.86. The van der Waals surface area contributed by atoms with E-state index in [0.29, 0.717) is 0 Å². The lowest BCUT2D eigenvalue weighted by atomic mass is 10.1. The van der Waals surface area contributed by atoms with Crippen molar-refractivity contribution in [1.82, 2.24) is 0 Å². The third kappa shape index (κ3) is 3.20. The van der Waals surface area contributed by atoms with E-state index in [4.69, 9.17) is 0 Å². The Labute approximate surface area is 182 Å². The highest BCUT2D eigenvalue weighted by Gasteiger charge is 2.25. The van der Waals surface area contributed by atoms with Crippen molar-refractivity contribution in [3.05, 3.63) is 95.7 Å². The molecule has 1 aromatic heterocycles. The minimum absolute atomic E-state index is 0.957. The van der Waals surface area contributed by atoms with E-state index in [0.717, 1.165) is 13.1 Å². The van der Waals surface area contributed by atoms with Crippen molar-refractivity contribution >= 4 is 45.2 Å². The fourth-order valence-corrected chi connectivity index (χ4v) is 5.43. The third-order valence-corrected chi connectivity index (χ3v) is 6.86. The quantitative estimate of drug-likeness (QED) is 0.343. The normalized spacial score (nSPS) is 15.0. The summed E-state index contributed by atoms with van der Waals surface area (Å²) in [4.78, 5) is 3.77. The lowest BCUT2D eigenvalue weighted by molar-refractivity contribution is -0.667. The van der Waals surface area contributed by atoms with Gasteiger partial charge in [-0.05, 0) is 43.0 Å². The van der Waals surface area contributed by atoms with E-state index < -0.39 is 0 Å². The van der Waals surface area contributed by atoms with E-state index in [1.807, 2.05) is 11.8 Å². The number of fused-ring (bicyclic) bond motifs is 4. The van der Waals surface area contributed by atoms with Crippen molar-refractivity contribution < 1.29 is 4.57 Å². The number of allylic oxidation sites excluding steroid dienone is 2. The van der Waals surface area contributed by atoms with Crippen LogP contribution in [0.15, 0.2) is 95.0 Å². The molecule has 0 N–H and O–H groups in total. The maximum absolute atomic E-state index is 2.43. The van der Waals surface area contributed by atoms with Gasteiger partial charge in [-0.15, -0.1) is 0 Å². The number of benzene rings is 3. The van der Waals surface area contributed by atoms with Gasteiger partial charge in [0.1, 0.15) is 6.54 Å². The molecule has 0 fully saturated rings. The molecule has 2 heterocycles. The Bertz CT molecular complexity index is 1300. The van der Waals surface area contributed by atoms with E-state index in [1.54, 1.807) is 0 Å². The Kier molecular flexibility index (Phi) is 5.06. The number of para-hydroxylation sites is 1. The molecular weight excluding hydrogens is 384 g/mol. The average molecular weight is 410 g/mol. The maximum atomic E-state index is 2.43. The number of rotatable bonds is 4. The standard InChI is InChI=1S/C27H25N2S/c1-3-28-19-18-21(22-12-7-8-14-24(22)28)11-9-15-26-29(4-2)27-23-13-6-5-10-20(23)16-17-25(27)30-26/h5-19H,3-4H2,1-2H3/q+1. The first kappa shape index (κ1) is 19.0. The van der Waals surface area contributed by atoms with E-state index in [9.17, 15) is 0 Å². The molecule has 0 saturated carbocycles. The zero-order valence-corrected chi connectivity index (χ0v) is 18.2. The van der Waals surface area contributed by atoms with Crippen LogP contribution < -0.4 is 9.47 Å². The van der Waals surface area contributed by atoms with Crippen LogP contribution in [0.2, 0.25) is 0 Å². The third-order valence-electron chi connectivity index (χ3n) is 5.74. The molecule has 0 amide bonds. The molecule has 1 aliphatic heterocycles. The second kappa shape index (κ2) is 8.00. The van der Waals surface area contributed by atoms with Gasteiger partial charge in [0.15, 0.2) is 6.20 Å². The Morgan fingerprint density at radius 2 is 1.70 bits per heavy atom. The maximum Gasteiger partial charge on any atom is 0.213 e. The van der Waals surface area contributed by atoms with E-state index >= 15 is 0 Å². The number of hydrogen-bond donors (Lipinski definition) is 0. The van der Waals surface area contributed by atoms with Crippen LogP contribution >= 0.6 is 11.8 Å². The lowest BCUT2D eigenvalue weighted by Gasteiger charge is -2.19. The Morgan fingerprint density at radius 1 is 0.900 bits per heavy atom. The highest BCUT2D eigenvalue weighted by molar-refractivity contribution is 8.03. The summed E-state index contributed by atoms with van der Waals surface area (Å²) in [7, 11) is 0. The Morgan fingerprint density at radius 3 is 2.53 bits per heavy atom. The molecule has 3 heteroatoms. The van der Waals surface area contributed by atoms with Crippen molar-refractivity contribution in [2.75, 3.05) is 11.4 Å². The smallest absolute Gasteiger partial charge is 0.213 e. The zero-order chi connectivity index (χ0) is 20.5. The Hall–Kier alpha value is -3.04. The van der Waals surface area contributed by atoms with Crippen molar-refractivity contribution in [3.8, 4) is 0 Å². The molecule has 0 spiro atoms. The molecule has 0 saturated heterocycles. The first-order chi connectivity index (χ1) is 14.8. The molecule has 5 rings (SSSR count). The molecule has 0 aliphatic carbocycles. The second-order valence-electron chi connectivity index (χ2n) is 7.42. The van der Waals surface area contributed by atoms with Gasteiger partial charge in [-0.25, -0.2) is 0 Å². The number of anilines is 1. The molecular formula is C27H25N2S+. The average Bonchev–Trinajstić information content (AvgIpc) is 3.17. The van der Waals surface area contributed by atoms with Gasteiger partial charge < -0.3 is 4.90 Å². The summed E-state index contributed by atoms with van der Waals surface area (Å²) in [6.07, 6.45) is 8.85. The van der Waals surface area contributed by atoms with Crippen LogP contribution in [0.3, 0.4) is 0 Å². The summed E-state index contributed by atoms with van der Waals surface area (Å²) in [5, 5.41) is 5.20. The first-order valence-corrected chi connectivity index (χ1v) is 11.4. The molecule has 2 nitrogen and oxygen atoms in total. The first-order valence-electron chi connectivity index (χ1n) is 10.6. The molecule has 0 bridgehead atoms. The van der Waals surface area contributed by atoms with Gasteiger partial charge in [-0.3, -0.25) is 0 Å². The van der Waals surface area contributed by atoms with Gasteiger partial charge in [0.05, 0.1) is 16.1 Å². The van der Waals surface area contributed by atoms with E-state index in [-0.39, 0.29) is 0 Å². The molecule has 148 valence electrons. The van der Waals surface area contributed by atoms with Crippen molar-refractivity contribution in [1.29, 1.82) is 0 Å². The minimum Gasteiger partial charge on any atom is -0.335 e. The number of pyridine rings is 1. The number of hydrogen-bond acceptors (Lipinski definition) is 2. The summed E-state index contributed by atoms with van der Waals surface area (Å²) in [6.45, 7) is 6.34.